The molecular formula is C22H24N6O. The van der Waals surface area contributed by atoms with Gasteiger partial charge in [-0.05, 0) is 44.0 Å². The van der Waals surface area contributed by atoms with Gasteiger partial charge in [0.2, 0.25) is 0 Å². The first-order valence-corrected chi connectivity index (χ1v) is 10.1. The van der Waals surface area contributed by atoms with Crippen LogP contribution in [0.15, 0.2) is 42.6 Å². The average molecular weight is 388 g/mol. The first-order chi connectivity index (χ1) is 14.2. The van der Waals surface area contributed by atoms with Gasteiger partial charge in [-0.25, -0.2) is 9.97 Å². The van der Waals surface area contributed by atoms with E-state index in [9.17, 15) is 4.79 Å². The number of nitrogens with two attached hydrogens (primary N) is 1. The first kappa shape index (κ1) is 17.9. The van der Waals surface area contributed by atoms with Crippen LogP contribution in [0.25, 0.3) is 27.7 Å². The van der Waals surface area contributed by atoms with Crippen LogP contribution in [0.2, 0.25) is 0 Å². The van der Waals surface area contributed by atoms with E-state index >= 15 is 0 Å². The van der Waals surface area contributed by atoms with Crippen LogP contribution in [0.5, 0.6) is 0 Å². The standard InChI is InChI=1S/C22H24N6O/c1-2-24-22(29)16-12-15-18(27-11-5-6-14(23)13-27)9-10-25-20(15)28-19-8-4-3-7-17(19)26-21(16)28/h3-4,7-10,12,14H,2,5-6,11,13,23H2,1H3,(H,24,29). The molecule has 5 rings (SSSR count). The molecule has 1 saturated heterocycles. The molecule has 0 saturated carbocycles. The predicted molar refractivity (Wildman–Crippen MR) is 115 cm³/mol. The van der Waals surface area contributed by atoms with Crippen molar-refractivity contribution in [3.05, 3.63) is 48.2 Å². The molecule has 1 amide bonds. The molecule has 0 bridgehead atoms. The predicted octanol–water partition coefficient (Wildman–Crippen LogP) is 2.71. The second-order valence-electron chi connectivity index (χ2n) is 7.59. The number of pyridine rings is 2. The highest BCUT2D eigenvalue weighted by Crippen LogP contribution is 2.32. The zero-order valence-electron chi connectivity index (χ0n) is 16.4. The fourth-order valence-electron chi connectivity index (χ4n) is 4.33. The molecule has 1 aliphatic heterocycles. The Morgan fingerprint density at radius 3 is 2.97 bits per heavy atom. The number of carbonyl (C=O) groups excluding carboxylic acids is 1. The van der Waals surface area contributed by atoms with Crippen LogP contribution in [-0.2, 0) is 0 Å². The highest BCUT2D eigenvalue weighted by molar-refractivity contribution is 6.07. The molecule has 4 aromatic rings. The lowest BCUT2D eigenvalue weighted by atomic mass is 10.0. The summed E-state index contributed by atoms with van der Waals surface area (Å²) in [6.07, 6.45) is 3.93. The van der Waals surface area contributed by atoms with Crippen LogP contribution in [-0.4, -0.2) is 46.0 Å². The minimum atomic E-state index is -0.125. The third-order valence-corrected chi connectivity index (χ3v) is 5.63. The normalized spacial score (nSPS) is 17.3. The molecule has 4 heterocycles. The van der Waals surface area contributed by atoms with E-state index in [-0.39, 0.29) is 11.9 Å². The van der Waals surface area contributed by atoms with Crippen molar-refractivity contribution in [2.75, 3.05) is 24.5 Å². The summed E-state index contributed by atoms with van der Waals surface area (Å²) in [6, 6.07) is 12.0. The van der Waals surface area contributed by atoms with Crippen molar-refractivity contribution < 1.29 is 4.79 Å². The minimum Gasteiger partial charge on any atom is -0.369 e. The summed E-state index contributed by atoms with van der Waals surface area (Å²) >= 11 is 0. The third kappa shape index (κ3) is 2.89. The zero-order chi connectivity index (χ0) is 20.0. The van der Waals surface area contributed by atoms with E-state index in [1.165, 1.54) is 0 Å². The maximum absolute atomic E-state index is 12.9. The number of carbonyl (C=O) groups is 1. The smallest absolute Gasteiger partial charge is 0.255 e. The molecule has 1 aliphatic rings. The van der Waals surface area contributed by atoms with Gasteiger partial charge in [0.1, 0.15) is 5.65 Å². The summed E-state index contributed by atoms with van der Waals surface area (Å²) in [5, 5.41) is 3.87. The summed E-state index contributed by atoms with van der Waals surface area (Å²) in [7, 11) is 0. The van der Waals surface area contributed by atoms with Crippen molar-refractivity contribution in [2.45, 2.75) is 25.8 Å². The molecule has 3 aromatic heterocycles. The Hall–Kier alpha value is -3.19. The summed E-state index contributed by atoms with van der Waals surface area (Å²) in [4.78, 5) is 24.6. The van der Waals surface area contributed by atoms with Crippen LogP contribution < -0.4 is 16.0 Å². The SMILES string of the molecule is CCNC(=O)c1cc2c(N3CCCC(N)C3)ccnc2n2c1nc1ccccc12. The maximum atomic E-state index is 12.9. The monoisotopic (exact) mass is 388 g/mol. The largest absolute Gasteiger partial charge is 0.369 e. The van der Waals surface area contributed by atoms with Gasteiger partial charge in [0.05, 0.1) is 16.6 Å². The van der Waals surface area contributed by atoms with Gasteiger partial charge >= 0.3 is 0 Å². The van der Waals surface area contributed by atoms with Gasteiger partial charge in [-0.15, -0.1) is 0 Å². The molecule has 1 fully saturated rings. The number of piperidine rings is 1. The topological polar surface area (TPSA) is 88.5 Å². The summed E-state index contributed by atoms with van der Waals surface area (Å²) < 4.78 is 2.00. The van der Waals surface area contributed by atoms with Gasteiger partial charge in [0, 0.05) is 42.9 Å². The first-order valence-electron chi connectivity index (χ1n) is 10.1. The summed E-state index contributed by atoms with van der Waals surface area (Å²) in [5.74, 6) is -0.125. The number of hydrogen-bond donors (Lipinski definition) is 2. The Labute approximate surface area is 168 Å². The highest BCUT2D eigenvalue weighted by atomic mass is 16.1. The second kappa shape index (κ2) is 7.00. The number of amides is 1. The summed E-state index contributed by atoms with van der Waals surface area (Å²) in [6.45, 7) is 4.23. The van der Waals surface area contributed by atoms with Crippen LogP contribution in [0.3, 0.4) is 0 Å². The number of para-hydroxylation sites is 2. The van der Waals surface area contributed by atoms with E-state index in [4.69, 9.17) is 10.7 Å². The van der Waals surface area contributed by atoms with Crippen molar-refractivity contribution in [2.24, 2.45) is 5.73 Å². The molecule has 0 aliphatic carbocycles. The molecule has 1 unspecified atom stereocenters. The fourth-order valence-corrected chi connectivity index (χ4v) is 4.33. The minimum absolute atomic E-state index is 0.125. The van der Waals surface area contributed by atoms with Gasteiger partial charge in [0.15, 0.2) is 5.65 Å². The zero-order valence-corrected chi connectivity index (χ0v) is 16.4. The van der Waals surface area contributed by atoms with E-state index in [1.54, 1.807) is 0 Å². The summed E-state index contributed by atoms with van der Waals surface area (Å²) in [5.41, 5.74) is 11.1. The number of nitrogens with zero attached hydrogens (tertiary/aromatic N) is 4. The molecule has 148 valence electrons. The average Bonchev–Trinajstić information content (AvgIpc) is 3.12. The number of imidazole rings is 1. The van der Waals surface area contributed by atoms with Gasteiger partial charge in [-0.3, -0.25) is 9.20 Å². The quantitative estimate of drug-likeness (QED) is 0.563. The Morgan fingerprint density at radius 1 is 1.28 bits per heavy atom. The third-order valence-electron chi connectivity index (χ3n) is 5.63. The second-order valence-corrected chi connectivity index (χ2v) is 7.59. The number of aromatic nitrogens is 3. The Balaban J connectivity index is 1.85. The van der Waals surface area contributed by atoms with Gasteiger partial charge in [0.25, 0.3) is 5.91 Å². The maximum Gasteiger partial charge on any atom is 0.255 e. The van der Waals surface area contributed by atoms with Crippen LogP contribution in [0.4, 0.5) is 5.69 Å². The lowest BCUT2D eigenvalue weighted by molar-refractivity contribution is 0.0957. The van der Waals surface area contributed by atoms with Gasteiger partial charge in [-0.2, -0.15) is 0 Å². The molecule has 7 heteroatoms. The molecular weight excluding hydrogens is 364 g/mol. The molecule has 1 aromatic carbocycles. The molecule has 3 N–H and O–H groups in total. The number of benzene rings is 1. The van der Waals surface area contributed by atoms with Crippen LogP contribution in [0.1, 0.15) is 30.1 Å². The van der Waals surface area contributed by atoms with E-state index in [0.717, 1.165) is 53.7 Å². The molecule has 0 radical (unpaired) electrons. The fraction of sp³-hybridized carbons (Fsp3) is 0.318. The number of hydrogen-bond acceptors (Lipinski definition) is 5. The Morgan fingerprint density at radius 2 is 2.14 bits per heavy atom. The van der Waals surface area contributed by atoms with E-state index in [2.05, 4.69) is 15.2 Å². The number of nitrogens with one attached hydrogen (secondary N) is 1. The van der Waals surface area contributed by atoms with Gasteiger partial charge in [-0.1, -0.05) is 12.1 Å². The van der Waals surface area contributed by atoms with E-state index in [1.807, 2.05) is 53.9 Å². The number of fused-ring (bicyclic) bond motifs is 5. The van der Waals surface area contributed by atoms with Crippen molar-refractivity contribution in [3.63, 3.8) is 0 Å². The Kier molecular flexibility index (Phi) is 4.32. The van der Waals surface area contributed by atoms with Crippen molar-refractivity contribution in [3.8, 4) is 0 Å². The Bertz CT molecular complexity index is 1230. The highest BCUT2D eigenvalue weighted by Gasteiger charge is 2.23. The van der Waals surface area contributed by atoms with Crippen molar-refractivity contribution in [1.82, 2.24) is 19.7 Å². The molecule has 7 nitrogen and oxygen atoms in total. The lowest BCUT2D eigenvalue weighted by Gasteiger charge is -2.33. The van der Waals surface area contributed by atoms with Crippen LogP contribution in [0, 0.1) is 0 Å². The molecule has 29 heavy (non-hydrogen) atoms. The van der Waals surface area contributed by atoms with E-state index < -0.39 is 0 Å². The molecule has 0 spiro atoms. The van der Waals surface area contributed by atoms with Crippen molar-refractivity contribution in [1.29, 1.82) is 0 Å². The van der Waals surface area contributed by atoms with Crippen LogP contribution >= 0.6 is 0 Å². The number of rotatable bonds is 3. The molecule has 1 atom stereocenters. The van der Waals surface area contributed by atoms with Crippen molar-refractivity contribution >= 4 is 39.3 Å². The number of anilines is 1. The lowest BCUT2D eigenvalue weighted by Crippen LogP contribution is -2.43. The van der Waals surface area contributed by atoms with Gasteiger partial charge < -0.3 is 16.0 Å². The van der Waals surface area contributed by atoms with E-state index in [0.29, 0.717) is 17.8 Å².